The highest BCUT2D eigenvalue weighted by atomic mass is 31.0. The van der Waals surface area contributed by atoms with Crippen molar-refractivity contribution in [2.75, 3.05) is 13.1 Å². The smallest absolute Gasteiger partial charge is 0.0816 e. The second-order valence-corrected chi connectivity index (χ2v) is 4.12. The van der Waals surface area contributed by atoms with Gasteiger partial charge in [-0.3, -0.25) is 0 Å². The van der Waals surface area contributed by atoms with Gasteiger partial charge >= 0.3 is 0 Å². The minimum Gasteiger partial charge on any atom is -0.468 e. The summed E-state index contributed by atoms with van der Waals surface area (Å²) in [5.74, 6) is 0. The van der Waals surface area contributed by atoms with E-state index in [-0.39, 0.29) is 5.16 Å². The maximum atomic E-state index is 8.74. The van der Waals surface area contributed by atoms with E-state index in [2.05, 4.69) is 22.4 Å². The van der Waals surface area contributed by atoms with Crippen LogP contribution < -0.4 is 4.90 Å². The highest BCUT2D eigenvalue weighted by Crippen LogP contribution is 2.26. The second-order valence-electron chi connectivity index (χ2n) is 3.02. The lowest BCUT2D eigenvalue weighted by atomic mass is 9.98. The van der Waals surface area contributed by atoms with Gasteiger partial charge in [0.1, 0.15) is 0 Å². The van der Waals surface area contributed by atoms with Gasteiger partial charge in [-0.2, -0.15) is 12.3 Å². The molecule has 1 N–H and O–H groups in total. The normalized spacial score (nSPS) is 40.7. The maximum absolute atomic E-state index is 8.74. The Labute approximate surface area is 64.4 Å². The van der Waals surface area contributed by atoms with E-state index in [1.165, 1.54) is 4.90 Å². The third-order valence-corrected chi connectivity index (χ3v) is 2.78. The zero-order valence-corrected chi connectivity index (χ0v) is 7.21. The van der Waals surface area contributed by atoms with E-state index in [4.69, 9.17) is 5.26 Å². The van der Waals surface area contributed by atoms with Crippen molar-refractivity contribution in [2.45, 2.75) is 18.0 Å². The Hall–Kier alpha value is -0.120. The second kappa shape index (κ2) is 2.86. The Morgan fingerprint density at radius 2 is 2.00 bits per heavy atom. The predicted octanol–water partition coefficient (Wildman–Crippen LogP) is -0.406. The topological polar surface area (TPSA) is 28.2 Å². The molecule has 1 rings (SSSR count). The molecular weight excluding hydrogens is 143 g/mol. The molecule has 0 saturated carbocycles. The monoisotopic (exact) mass is 156 g/mol. The lowest BCUT2D eigenvalue weighted by molar-refractivity contribution is -0.859. The van der Waals surface area contributed by atoms with Gasteiger partial charge in [-0.15, -0.1) is 9.24 Å². The molecule has 1 fully saturated rings. The molecule has 0 spiro atoms. The minimum atomic E-state index is -0.138. The summed E-state index contributed by atoms with van der Waals surface area (Å²) in [5.41, 5.74) is 0. The van der Waals surface area contributed by atoms with Crippen molar-refractivity contribution in [3.8, 4) is 6.07 Å². The molecule has 56 valence electrons. The quantitative estimate of drug-likeness (QED) is 0.375. The SMILES string of the molecule is [CH2-][NH+]1CCC(P)(C#N)CC1. The average molecular weight is 156 g/mol. The molecule has 1 aliphatic heterocycles. The number of nitrogens with one attached hydrogen (secondary N) is 1. The molecule has 1 saturated heterocycles. The fraction of sp³-hybridized carbons (Fsp3) is 0.714. The Bertz CT molecular complexity index is 153. The average Bonchev–Trinajstić information content (AvgIpc) is 1.96. The van der Waals surface area contributed by atoms with Crippen molar-refractivity contribution in [1.29, 1.82) is 5.26 Å². The molecule has 0 radical (unpaired) electrons. The van der Waals surface area contributed by atoms with E-state index in [9.17, 15) is 0 Å². The van der Waals surface area contributed by atoms with Crippen LogP contribution in [0.3, 0.4) is 0 Å². The van der Waals surface area contributed by atoms with Gasteiger partial charge in [-0.25, -0.2) is 0 Å². The lowest BCUT2D eigenvalue weighted by Crippen LogP contribution is -3.08. The molecule has 1 aliphatic rings. The maximum Gasteiger partial charge on any atom is 0.0816 e. The summed E-state index contributed by atoms with van der Waals surface area (Å²) >= 11 is 0. The van der Waals surface area contributed by atoms with E-state index in [0.717, 1.165) is 25.9 Å². The van der Waals surface area contributed by atoms with Crippen LogP contribution in [0.25, 0.3) is 0 Å². The van der Waals surface area contributed by atoms with Crippen LogP contribution in [-0.4, -0.2) is 18.2 Å². The number of quaternary nitrogens is 1. The van der Waals surface area contributed by atoms with Crippen molar-refractivity contribution in [3.05, 3.63) is 7.05 Å². The molecular formula is C7H13N2P. The minimum absolute atomic E-state index is 0.138. The third kappa shape index (κ3) is 1.68. The van der Waals surface area contributed by atoms with Gasteiger partial charge in [-0.1, -0.05) is 0 Å². The first-order chi connectivity index (χ1) is 4.66. The molecule has 1 atom stereocenters. The van der Waals surface area contributed by atoms with Crippen LogP contribution in [-0.2, 0) is 0 Å². The van der Waals surface area contributed by atoms with Crippen LogP contribution in [0.2, 0.25) is 0 Å². The van der Waals surface area contributed by atoms with Gasteiger partial charge in [0.2, 0.25) is 0 Å². The molecule has 0 aromatic heterocycles. The highest BCUT2D eigenvalue weighted by molar-refractivity contribution is 7.19. The first-order valence-electron chi connectivity index (χ1n) is 3.53. The Balaban J connectivity index is 2.48. The van der Waals surface area contributed by atoms with Gasteiger partial charge in [0.05, 0.1) is 24.3 Å². The fourth-order valence-electron chi connectivity index (χ4n) is 1.16. The number of piperidine rings is 1. The van der Waals surface area contributed by atoms with Crippen molar-refractivity contribution < 1.29 is 4.90 Å². The number of hydrogen-bond donors (Lipinski definition) is 1. The predicted molar refractivity (Wildman–Crippen MR) is 43.3 cm³/mol. The number of nitriles is 1. The summed E-state index contributed by atoms with van der Waals surface area (Å²) in [4.78, 5) is 1.30. The number of nitrogens with zero attached hydrogens (tertiary/aromatic N) is 1. The molecule has 1 unspecified atom stereocenters. The van der Waals surface area contributed by atoms with Crippen molar-refractivity contribution in [2.24, 2.45) is 0 Å². The van der Waals surface area contributed by atoms with Crippen LogP contribution in [0, 0.1) is 18.4 Å². The first kappa shape index (κ1) is 7.98. The third-order valence-electron chi connectivity index (χ3n) is 2.07. The van der Waals surface area contributed by atoms with Crippen LogP contribution in [0.15, 0.2) is 0 Å². The van der Waals surface area contributed by atoms with E-state index >= 15 is 0 Å². The molecule has 0 bridgehead atoms. The number of likely N-dealkylation sites (tertiary alicyclic amines) is 1. The highest BCUT2D eigenvalue weighted by Gasteiger charge is 2.29. The van der Waals surface area contributed by atoms with Crippen LogP contribution >= 0.6 is 9.24 Å². The number of hydrogen-bond acceptors (Lipinski definition) is 1. The molecule has 0 aromatic rings. The summed E-state index contributed by atoms with van der Waals surface area (Å²) in [7, 11) is 6.55. The van der Waals surface area contributed by atoms with E-state index in [1.807, 2.05) is 0 Å². The van der Waals surface area contributed by atoms with Crippen molar-refractivity contribution >= 4 is 9.24 Å². The van der Waals surface area contributed by atoms with Crippen molar-refractivity contribution in [3.63, 3.8) is 0 Å². The van der Waals surface area contributed by atoms with Crippen LogP contribution in [0.5, 0.6) is 0 Å². The molecule has 0 amide bonds. The molecule has 2 nitrogen and oxygen atoms in total. The Morgan fingerprint density at radius 1 is 1.50 bits per heavy atom. The largest absolute Gasteiger partial charge is 0.468 e. The molecule has 1 heterocycles. The molecule has 0 aliphatic carbocycles. The van der Waals surface area contributed by atoms with Gasteiger partial charge in [0, 0.05) is 12.8 Å². The summed E-state index contributed by atoms with van der Waals surface area (Å²) in [6, 6.07) is 2.32. The van der Waals surface area contributed by atoms with Crippen LogP contribution in [0.4, 0.5) is 0 Å². The standard InChI is InChI=1S/C7H13N2P/c1-9-4-2-7(10,6-8)3-5-9/h9H,1-5,10H2. The van der Waals surface area contributed by atoms with Crippen molar-refractivity contribution in [1.82, 2.24) is 0 Å². The van der Waals surface area contributed by atoms with Crippen LogP contribution in [0.1, 0.15) is 12.8 Å². The molecule has 10 heavy (non-hydrogen) atoms. The van der Waals surface area contributed by atoms with Gasteiger partial charge < -0.3 is 4.90 Å². The summed E-state index contributed by atoms with van der Waals surface area (Å²) in [6.45, 7) is 2.05. The number of rotatable bonds is 0. The zero-order chi connectivity index (χ0) is 7.61. The van der Waals surface area contributed by atoms with Gasteiger partial charge in [-0.05, 0) is 0 Å². The summed E-state index contributed by atoms with van der Waals surface area (Å²) in [5, 5.41) is 8.60. The Morgan fingerprint density at radius 3 is 2.40 bits per heavy atom. The Kier molecular flexibility index (Phi) is 2.28. The van der Waals surface area contributed by atoms with E-state index in [1.54, 1.807) is 0 Å². The van der Waals surface area contributed by atoms with Gasteiger partial charge in [0.15, 0.2) is 0 Å². The summed E-state index contributed by atoms with van der Waals surface area (Å²) in [6.07, 6.45) is 1.93. The molecule has 0 aromatic carbocycles. The summed E-state index contributed by atoms with van der Waals surface area (Å²) < 4.78 is 0. The fourth-order valence-corrected chi connectivity index (χ4v) is 1.45. The lowest BCUT2D eigenvalue weighted by Gasteiger charge is -2.33. The zero-order valence-electron chi connectivity index (χ0n) is 6.06. The van der Waals surface area contributed by atoms with E-state index < -0.39 is 0 Å². The van der Waals surface area contributed by atoms with E-state index in [0.29, 0.717) is 0 Å². The molecule has 3 heteroatoms. The van der Waals surface area contributed by atoms with Gasteiger partial charge in [0.25, 0.3) is 0 Å². The first-order valence-corrected chi connectivity index (χ1v) is 4.11.